The molecular formula is C19H27IN4O. The molecule has 136 valence electrons. The standard InChI is InChI=1S/C19H26N4O.HI/c1-19(2,3)23-18(20-4)22-13-16-11-8-12-21-17(16)24-14-15-9-6-5-7-10-15;/h5-12H,13-14H2,1-4H3,(H2,20,22,23);1H. The quantitative estimate of drug-likeness (QED) is 0.411. The number of halogens is 1. The molecule has 0 unspecified atom stereocenters. The van der Waals surface area contributed by atoms with Gasteiger partial charge >= 0.3 is 0 Å². The second-order valence-electron chi connectivity index (χ2n) is 6.54. The van der Waals surface area contributed by atoms with Crippen molar-refractivity contribution < 1.29 is 4.74 Å². The van der Waals surface area contributed by atoms with Gasteiger partial charge in [0.05, 0.1) is 0 Å². The molecule has 0 fully saturated rings. The molecule has 0 saturated heterocycles. The van der Waals surface area contributed by atoms with Crippen LogP contribution in [-0.4, -0.2) is 23.5 Å². The minimum atomic E-state index is -0.0522. The van der Waals surface area contributed by atoms with E-state index in [1.165, 1.54) is 0 Å². The van der Waals surface area contributed by atoms with Crippen molar-refractivity contribution in [2.24, 2.45) is 4.99 Å². The molecule has 0 saturated carbocycles. The van der Waals surface area contributed by atoms with Crippen molar-refractivity contribution in [3.05, 3.63) is 59.8 Å². The molecule has 1 heterocycles. The van der Waals surface area contributed by atoms with Crippen LogP contribution in [0.5, 0.6) is 5.88 Å². The fourth-order valence-electron chi connectivity index (χ4n) is 2.13. The Labute approximate surface area is 167 Å². The summed E-state index contributed by atoms with van der Waals surface area (Å²) in [6.45, 7) is 7.38. The molecule has 0 spiro atoms. The van der Waals surface area contributed by atoms with E-state index in [4.69, 9.17) is 4.74 Å². The summed E-state index contributed by atoms with van der Waals surface area (Å²) in [5, 5.41) is 6.63. The highest BCUT2D eigenvalue weighted by Crippen LogP contribution is 2.16. The molecule has 0 aliphatic rings. The highest BCUT2D eigenvalue weighted by molar-refractivity contribution is 14.0. The maximum Gasteiger partial charge on any atom is 0.218 e. The topological polar surface area (TPSA) is 58.5 Å². The van der Waals surface area contributed by atoms with E-state index in [9.17, 15) is 0 Å². The van der Waals surface area contributed by atoms with Crippen molar-refractivity contribution in [2.75, 3.05) is 7.05 Å². The lowest BCUT2D eigenvalue weighted by Crippen LogP contribution is -2.47. The lowest BCUT2D eigenvalue weighted by atomic mass is 10.1. The normalized spacial score (nSPS) is 11.4. The van der Waals surface area contributed by atoms with Crippen molar-refractivity contribution in [2.45, 2.75) is 39.5 Å². The van der Waals surface area contributed by atoms with E-state index in [2.05, 4.69) is 41.4 Å². The summed E-state index contributed by atoms with van der Waals surface area (Å²) in [5.41, 5.74) is 2.06. The summed E-state index contributed by atoms with van der Waals surface area (Å²) < 4.78 is 5.88. The Morgan fingerprint density at radius 1 is 1.12 bits per heavy atom. The number of guanidine groups is 1. The zero-order chi connectivity index (χ0) is 17.4. The Bertz CT molecular complexity index is 669. The van der Waals surface area contributed by atoms with Crippen LogP contribution in [0.2, 0.25) is 0 Å². The molecule has 2 rings (SSSR count). The molecule has 0 amide bonds. The average molecular weight is 454 g/mol. The highest BCUT2D eigenvalue weighted by Gasteiger charge is 2.12. The largest absolute Gasteiger partial charge is 0.473 e. The van der Waals surface area contributed by atoms with Gasteiger partial charge in [-0.25, -0.2) is 4.98 Å². The fraction of sp³-hybridized carbons (Fsp3) is 0.368. The molecule has 2 N–H and O–H groups in total. The zero-order valence-corrected chi connectivity index (χ0v) is 17.6. The van der Waals surface area contributed by atoms with Crippen LogP contribution in [0.25, 0.3) is 0 Å². The summed E-state index contributed by atoms with van der Waals surface area (Å²) in [6, 6.07) is 14.0. The predicted molar refractivity (Wildman–Crippen MR) is 114 cm³/mol. The lowest BCUT2D eigenvalue weighted by Gasteiger charge is -2.24. The number of rotatable bonds is 5. The summed E-state index contributed by atoms with van der Waals surface area (Å²) in [4.78, 5) is 8.59. The number of nitrogens with one attached hydrogen (secondary N) is 2. The summed E-state index contributed by atoms with van der Waals surface area (Å²) >= 11 is 0. The SMILES string of the molecule is CN=C(NCc1cccnc1OCc1ccccc1)NC(C)(C)C.I. The van der Waals surface area contributed by atoms with Gasteiger partial charge in [-0.1, -0.05) is 36.4 Å². The monoisotopic (exact) mass is 454 g/mol. The van der Waals surface area contributed by atoms with E-state index in [1.54, 1.807) is 13.2 Å². The third-order valence-electron chi connectivity index (χ3n) is 3.23. The van der Waals surface area contributed by atoms with E-state index < -0.39 is 0 Å². The molecule has 5 nitrogen and oxygen atoms in total. The van der Waals surface area contributed by atoms with Gasteiger partial charge in [-0.15, -0.1) is 24.0 Å². The first-order valence-corrected chi connectivity index (χ1v) is 8.07. The molecule has 1 aromatic heterocycles. The Hall–Kier alpha value is -1.83. The van der Waals surface area contributed by atoms with Crippen molar-refractivity contribution in [3.63, 3.8) is 0 Å². The van der Waals surface area contributed by atoms with Gasteiger partial charge in [-0.3, -0.25) is 4.99 Å². The number of ether oxygens (including phenoxy) is 1. The highest BCUT2D eigenvalue weighted by atomic mass is 127. The van der Waals surface area contributed by atoms with Crippen molar-refractivity contribution in [1.82, 2.24) is 15.6 Å². The van der Waals surface area contributed by atoms with Crippen LogP contribution in [0.15, 0.2) is 53.7 Å². The number of nitrogens with zero attached hydrogens (tertiary/aromatic N) is 2. The molecule has 0 aliphatic carbocycles. The number of benzene rings is 1. The second kappa shape index (κ2) is 10.2. The Balaban J connectivity index is 0.00000312. The Morgan fingerprint density at radius 3 is 2.48 bits per heavy atom. The van der Waals surface area contributed by atoms with Crippen LogP contribution in [0.3, 0.4) is 0 Å². The van der Waals surface area contributed by atoms with Gasteiger partial charge in [0.15, 0.2) is 5.96 Å². The maximum atomic E-state index is 5.88. The third kappa shape index (κ3) is 7.72. The average Bonchev–Trinajstić information content (AvgIpc) is 2.57. The van der Waals surface area contributed by atoms with Crippen LogP contribution in [0, 0.1) is 0 Å². The zero-order valence-electron chi connectivity index (χ0n) is 15.2. The maximum absolute atomic E-state index is 5.88. The van der Waals surface area contributed by atoms with Crippen LogP contribution < -0.4 is 15.4 Å². The number of hydrogen-bond donors (Lipinski definition) is 2. The summed E-state index contributed by atoms with van der Waals surface area (Å²) in [6.07, 6.45) is 1.74. The van der Waals surface area contributed by atoms with Gasteiger partial charge < -0.3 is 15.4 Å². The van der Waals surface area contributed by atoms with E-state index in [1.807, 2.05) is 42.5 Å². The second-order valence-corrected chi connectivity index (χ2v) is 6.54. The van der Waals surface area contributed by atoms with Gasteiger partial charge in [-0.05, 0) is 32.4 Å². The van der Waals surface area contributed by atoms with Gasteiger partial charge in [0.1, 0.15) is 6.61 Å². The first-order valence-electron chi connectivity index (χ1n) is 8.07. The van der Waals surface area contributed by atoms with Gasteiger partial charge in [0, 0.05) is 30.9 Å². The van der Waals surface area contributed by atoms with E-state index in [0.29, 0.717) is 19.0 Å². The van der Waals surface area contributed by atoms with Crippen LogP contribution in [0.1, 0.15) is 31.9 Å². The summed E-state index contributed by atoms with van der Waals surface area (Å²) in [7, 11) is 1.76. The van der Waals surface area contributed by atoms with Gasteiger partial charge in [0.25, 0.3) is 0 Å². The van der Waals surface area contributed by atoms with Crippen LogP contribution in [0.4, 0.5) is 0 Å². The Morgan fingerprint density at radius 2 is 1.84 bits per heavy atom. The minimum Gasteiger partial charge on any atom is -0.473 e. The van der Waals surface area contributed by atoms with E-state index >= 15 is 0 Å². The third-order valence-corrected chi connectivity index (χ3v) is 3.23. The van der Waals surface area contributed by atoms with E-state index in [-0.39, 0.29) is 29.5 Å². The molecule has 0 atom stereocenters. The first-order chi connectivity index (χ1) is 11.5. The molecule has 0 aliphatic heterocycles. The number of pyridine rings is 1. The predicted octanol–water partition coefficient (Wildman–Crippen LogP) is 3.74. The molecule has 2 aromatic rings. The van der Waals surface area contributed by atoms with Crippen LogP contribution in [-0.2, 0) is 13.2 Å². The molecular weight excluding hydrogens is 427 g/mol. The lowest BCUT2D eigenvalue weighted by molar-refractivity contribution is 0.290. The van der Waals surface area contributed by atoms with Crippen LogP contribution >= 0.6 is 24.0 Å². The number of hydrogen-bond acceptors (Lipinski definition) is 3. The van der Waals surface area contributed by atoms with Crippen molar-refractivity contribution >= 4 is 29.9 Å². The molecule has 1 aromatic carbocycles. The van der Waals surface area contributed by atoms with Crippen molar-refractivity contribution in [3.8, 4) is 5.88 Å². The molecule has 0 bridgehead atoms. The molecule has 25 heavy (non-hydrogen) atoms. The summed E-state index contributed by atoms with van der Waals surface area (Å²) in [5.74, 6) is 1.39. The van der Waals surface area contributed by atoms with Crippen molar-refractivity contribution in [1.29, 1.82) is 0 Å². The first kappa shape index (κ1) is 21.2. The number of aliphatic imine (C=N–C) groups is 1. The van der Waals surface area contributed by atoms with Gasteiger partial charge in [-0.2, -0.15) is 0 Å². The Kier molecular flexibility index (Phi) is 8.68. The van der Waals surface area contributed by atoms with E-state index in [0.717, 1.165) is 17.1 Å². The fourth-order valence-corrected chi connectivity index (χ4v) is 2.13. The minimum absolute atomic E-state index is 0. The number of aromatic nitrogens is 1. The molecule has 6 heteroatoms. The molecule has 0 radical (unpaired) electrons. The van der Waals surface area contributed by atoms with Gasteiger partial charge in [0.2, 0.25) is 5.88 Å². The smallest absolute Gasteiger partial charge is 0.218 e.